The van der Waals surface area contributed by atoms with Crippen LogP contribution in [0, 0.1) is 13.8 Å². The van der Waals surface area contributed by atoms with Gasteiger partial charge in [0.2, 0.25) is 0 Å². The van der Waals surface area contributed by atoms with E-state index in [4.69, 9.17) is 9.47 Å². The number of pyridine rings is 1. The first-order valence-corrected chi connectivity index (χ1v) is 10.4. The van der Waals surface area contributed by atoms with Gasteiger partial charge in [-0.1, -0.05) is 6.07 Å². The molecule has 3 aromatic rings. The number of aromatic nitrogens is 2. The molecule has 6 nitrogen and oxygen atoms in total. The molecule has 2 aromatic heterocycles. The lowest BCUT2D eigenvalue weighted by Crippen LogP contribution is -2.38. The molecule has 1 atom stereocenters. The Kier molecular flexibility index (Phi) is 5.60. The highest BCUT2D eigenvalue weighted by molar-refractivity contribution is 7.14. The zero-order valence-electron chi connectivity index (χ0n) is 16.6. The molecule has 0 bridgehead atoms. The van der Waals surface area contributed by atoms with Crippen LogP contribution in [-0.2, 0) is 4.74 Å². The van der Waals surface area contributed by atoms with E-state index in [-0.39, 0.29) is 18.1 Å². The predicted octanol–water partition coefficient (Wildman–Crippen LogP) is 4.09. The normalized spacial score (nSPS) is 14.9. The summed E-state index contributed by atoms with van der Waals surface area (Å²) >= 11 is 1.59. The number of carbonyl (C=O) groups is 1. The highest BCUT2D eigenvalue weighted by Gasteiger charge is 2.22. The minimum Gasteiger partial charge on any atom is -0.486 e. The number of nitrogens with one attached hydrogen (secondary N) is 1. The van der Waals surface area contributed by atoms with Crippen LogP contribution in [0.5, 0.6) is 5.75 Å². The van der Waals surface area contributed by atoms with Gasteiger partial charge < -0.3 is 14.8 Å². The van der Waals surface area contributed by atoms with Gasteiger partial charge in [0.25, 0.3) is 5.91 Å². The maximum atomic E-state index is 13.0. The van der Waals surface area contributed by atoms with Gasteiger partial charge in [-0.2, -0.15) is 0 Å². The molecule has 7 heteroatoms. The molecule has 4 rings (SSSR count). The maximum absolute atomic E-state index is 13.0. The number of carbonyl (C=O) groups excluding carboxylic acids is 1. The Bertz CT molecular complexity index is 1010. The molecule has 0 unspecified atom stereocenters. The average Bonchev–Trinajstić information content (AvgIpc) is 3.11. The molecule has 1 aliphatic rings. The number of benzene rings is 1. The summed E-state index contributed by atoms with van der Waals surface area (Å²) in [4.78, 5) is 22.9. The molecule has 150 valence electrons. The number of hydrogen-bond acceptors (Lipinski definition) is 6. The van der Waals surface area contributed by atoms with Crippen LogP contribution >= 0.6 is 11.3 Å². The molecule has 0 saturated carbocycles. The van der Waals surface area contributed by atoms with Gasteiger partial charge >= 0.3 is 0 Å². The number of rotatable bonds is 6. The van der Waals surface area contributed by atoms with E-state index >= 15 is 0 Å². The SMILES string of the molecule is Cc1ccc([C@@H](C)NC(=O)c2cc(OC3COC3)cc(-c3ncc(C)s3)c2)cn1. The Morgan fingerprint density at radius 3 is 2.66 bits per heavy atom. The number of amides is 1. The van der Waals surface area contributed by atoms with Gasteiger partial charge in [0.1, 0.15) is 16.9 Å². The van der Waals surface area contributed by atoms with Crippen LogP contribution in [0.1, 0.15) is 39.5 Å². The average molecular weight is 410 g/mol. The van der Waals surface area contributed by atoms with Crippen molar-refractivity contribution in [1.82, 2.24) is 15.3 Å². The molecule has 1 saturated heterocycles. The van der Waals surface area contributed by atoms with Crippen molar-refractivity contribution in [3.8, 4) is 16.3 Å². The molecule has 1 fully saturated rings. The number of hydrogen-bond donors (Lipinski definition) is 1. The second-order valence-corrected chi connectivity index (χ2v) is 8.46. The molecular weight excluding hydrogens is 386 g/mol. The Morgan fingerprint density at radius 2 is 2.03 bits per heavy atom. The van der Waals surface area contributed by atoms with E-state index in [1.165, 1.54) is 0 Å². The lowest BCUT2D eigenvalue weighted by molar-refractivity contribution is -0.0796. The van der Waals surface area contributed by atoms with E-state index in [0.717, 1.165) is 26.7 Å². The lowest BCUT2D eigenvalue weighted by atomic mass is 10.1. The lowest BCUT2D eigenvalue weighted by Gasteiger charge is -2.27. The Hall–Kier alpha value is -2.77. The van der Waals surface area contributed by atoms with Gasteiger partial charge in [-0.25, -0.2) is 4.98 Å². The van der Waals surface area contributed by atoms with Crippen molar-refractivity contribution in [2.24, 2.45) is 0 Å². The second kappa shape index (κ2) is 8.31. The minimum atomic E-state index is -0.164. The summed E-state index contributed by atoms with van der Waals surface area (Å²) in [5.41, 5.74) is 3.31. The van der Waals surface area contributed by atoms with E-state index in [1.54, 1.807) is 23.6 Å². The third-order valence-corrected chi connectivity index (χ3v) is 5.69. The van der Waals surface area contributed by atoms with Crippen LogP contribution < -0.4 is 10.1 Å². The van der Waals surface area contributed by atoms with Crippen molar-refractivity contribution in [2.75, 3.05) is 13.2 Å². The summed E-state index contributed by atoms with van der Waals surface area (Å²) in [6.07, 6.45) is 3.65. The van der Waals surface area contributed by atoms with Crippen molar-refractivity contribution < 1.29 is 14.3 Å². The molecule has 3 heterocycles. The summed E-state index contributed by atoms with van der Waals surface area (Å²) in [5.74, 6) is 0.487. The van der Waals surface area contributed by atoms with E-state index in [0.29, 0.717) is 24.5 Å². The van der Waals surface area contributed by atoms with E-state index in [1.807, 2.05) is 51.2 Å². The van der Waals surface area contributed by atoms with E-state index in [9.17, 15) is 4.79 Å². The quantitative estimate of drug-likeness (QED) is 0.664. The number of nitrogens with zero attached hydrogens (tertiary/aromatic N) is 2. The summed E-state index contributed by atoms with van der Waals surface area (Å²) in [6, 6.07) is 9.32. The molecule has 1 aromatic carbocycles. The van der Waals surface area contributed by atoms with Gasteiger partial charge in [-0.3, -0.25) is 9.78 Å². The summed E-state index contributed by atoms with van der Waals surface area (Å²) in [6.45, 7) is 7.03. The zero-order chi connectivity index (χ0) is 20.4. The zero-order valence-corrected chi connectivity index (χ0v) is 17.5. The maximum Gasteiger partial charge on any atom is 0.251 e. The Labute approximate surface area is 173 Å². The van der Waals surface area contributed by atoms with Gasteiger partial charge in [0.15, 0.2) is 0 Å². The Morgan fingerprint density at radius 1 is 1.21 bits per heavy atom. The predicted molar refractivity (Wildman–Crippen MR) is 112 cm³/mol. The largest absolute Gasteiger partial charge is 0.486 e. The summed E-state index contributed by atoms with van der Waals surface area (Å²) < 4.78 is 11.2. The second-order valence-electron chi connectivity index (χ2n) is 7.23. The standard InChI is InChI=1S/C22H23N3O3S/c1-13-4-5-16(10-23-13)15(3)25-21(26)17-6-18(22-24-9-14(2)29-22)8-19(7-17)28-20-11-27-12-20/h4-10,15,20H,11-12H2,1-3H3,(H,25,26)/t15-/m1/s1. The first kappa shape index (κ1) is 19.5. The molecule has 1 amide bonds. The third kappa shape index (κ3) is 4.63. The fourth-order valence-corrected chi connectivity index (χ4v) is 3.73. The van der Waals surface area contributed by atoms with Gasteiger partial charge in [-0.05, 0) is 50.6 Å². The monoisotopic (exact) mass is 409 g/mol. The van der Waals surface area contributed by atoms with Crippen LogP contribution in [-0.4, -0.2) is 35.2 Å². The van der Waals surface area contributed by atoms with Gasteiger partial charge in [0.05, 0.1) is 19.3 Å². The Balaban J connectivity index is 1.59. The molecular formula is C22H23N3O3S. The minimum absolute atomic E-state index is 0.0248. The smallest absolute Gasteiger partial charge is 0.251 e. The van der Waals surface area contributed by atoms with E-state index in [2.05, 4.69) is 15.3 Å². The van der Waals surface area contributed by atoms with Crippen LogP contribution in [0.2, 0.25) is 0 Å². The first-order valence-electron chi connectivity index (χ1n) is 9.53. The number of ether oxygens (including phenoxy) is 2. The van der Waals surface area contributed by atoms with Crippen molar-refractivity contribution in [2.45, 2.75) is 32.9 Å². The molecule has 29 heavy (non-hydrogen) atoms. The first-order chi connectivity index (χ1) is 14.0. The molecule has 0 aliphatic carbocycles. The third-order valence-electron chi connectivity index (χ3n) is 4.73. The van der Waals surface area contributed by atoms with Crippen molar-refractivity contribution in [1.29, 1.82) is 0 Å². The van der Waals surface area contributed by atoms with Crippen molar-refractivity contribution in [3.63, 3.8) is 0 Å². The summed E-state index contributed by atoms with van der Waals surface area (Å²) in [5, 5.41) is 3.91. The fourth-order valence-electron chi connectivity index (χ4n) is 2.98. The molecule has 1 N–H and O–H groups in total. The van der Waals surface area contributed by atoms with Gasteiger partial charge in [0, 0.05) is 34.1 Å². The van der Waals surface area contributed by atoms with Crippen LogP contribution in [0.25, 0.3) is 10.6 Å². The molecule has 1 aliphatic heterocycles. The number of aryl methyl sites for hydroxylation is 2. The van der Waals surface area contributed by atoms with Crippen LogP contribution in [0.4, 0.5) is 0 Å². The van der Waals surface area contributed by atoms with Crippen LogP contribution in [0.3, 0.4) is 0 Å². The van der Waals surface area contributed by atoms with Crippen LogP contribution in [0.15, 0.2) is 42.7 Å². The highest BCUT2D eigenvalue weighted by atomic mass is 32.1. The number of thiazole rings is 1. The summed E-state index contributed by atoms with van der Waals surface area (Å²) in [7, 11) is 0. The van der Waals surface area contributed by atoms with Crippen molar-refractivity contribution >= 4 is 17.2 Å². The van der Waals surface area contributed by atoms with Gasteiger partial charge in [-0.15, -0.1) is 11.3 Å². The van der Waals surface area contributed by atoms with Crippen molar-refractivity contribution in [3.05, 3.63) is 64.4 Å². The fraction of sp³-hybridized carbons (Fsp3) is 0.318. The molecule has 0 spiro atoms. The molecule has 0 radical (unpaired) electrons. The topological polar surface area (TPSA) is 73.3 Å². The van der Waals surface area contributed by atoms with E-state index < -0.39 is 0 Å². The highest BCUT2D eigenvalue weighted by Crippen LogP contribution is 2.30.